The van der Waals surface area contributed by atoms with Crippen LogP contribution in [-0.2, 0) is 0 Å². The van der Waals surface area contributed by atoms with Gasteiger partial charge < -0.3 is 5.32 Å². The van der Waals surface area contributed by atoms with Gasteiger partial charge in [0.25, 0.3) is 0 Å². The van der Waals surface area contributed by atoms with Gasteiger partial charge in [-0.2, -0.15) is 11.3 Å². The van der Waals surface area contributed by atoms with Crippen molar-refractivity contribution < 1.29 is 0 Å². The van der Waals surface area contributed by atoms with Crippen LogP contribution in [0.2, 0.25) is 0 Å². The largest absolute Gasteiger partial charge is 0.378 e. The molecule has 0 aliphatic rings. The van der Waals surface area contributed by atoms with Gasteiger partial charge in [-0.1, -0.05) is 22.0 Å². The number of aryl methyl sites for hydroxylation is 1. The molecule has 1 unspecified atom stereocenters. The summed E-state index contributed by atoms with van der Waals surface area (Å²) in [5, 5.41) is 7.78. The Balaban J connectivity index is 2.12. The fourth-order valence-electron chi connectivity index (χ4n) is 1.54. The second-order valence-corrected chi connectivity index (χ2v) is 5.52. The van der Waals surface area contributed by atoms with Crippen molar-refractivity contribution in [1.29, 1.82) is 0 Å². The number of hydrogen-bond acceptors (Lipinski definition) is 2. The average molecular weight is 296 g/mol. The molecule has 0 fully saturated rings. The summed E-state index contributed by atoms with van der Waals surface area (Å²) >= 11 is 5.28. The van der Waals surface area contributed by atoms with Crippen molar-refractivity contribution in [3.05, 3.63) is 50.6 Å². The first-order valence-electron chi connectivity index (χ1n) is 5.21. The summed E-state index contributed by atoms with van der Waals surface area (Å²) in [6, 6.07) is 8.86. The second-order valence-electron chi connectivity index (χ2n) is 3.89. The van der Waals surface area contributed by atoms with Crippen LogP contribution in [0.5, 0.6) is 0 Å². The Morgan fingerprint density at radius 3 is 2.75 bits per heavy atom. The van der Waals surface area contributed by atoms with Crippen molar-refractivity contribution in [1.82, 2.24) is 0 Å². The molecule has 1 N–H and O–H groups in total. The van der Waals surface area contributed by atoms with E-state index in [1.54, 1.807) is 11.3 Å². The van der Waals surface area contributed by atoms with E-state index in [0.29, 0.717) is 6.04 Å². The summed E-state index contributed by atoms with van der Waals surface area (Å²) in [4.78, 5) is 0. The quantitative estimate of drug-likeness (QED) is 0.841. The van der Waals surface area contributed by atoms with Gasteiger partial charge in [0, 0.05) is 16.2 Å². The number of nitrogens with one attached hydrogen (secondary N) is 1. The second kappa shape index (κ2) is 5.02. The molecule has 0 amide bonds. The number of rotatable bonds is 3. The number of benzene rings is 1. The Kier molecular flexibility index (Phi) is 3.66. The van der Waals surface area contributed by atoms with E-state index >= 15 is 0 Å². The number of halogens is 1. The maximum atomic E-state index is 3.55. The minimum Gasteiger partial charge on any atom is -0.378 e. The van der Waals surface area contributed by atoms with Gasteiger partial charge in [-0.05, 0) is 53.9 Å². The molecular formula is C13H14BrNS. The fraction of sp³-hybridized carbons (Fsp3) is 0.231. The first kappa shape index (κ1) is 11.7. The number of hydrogen-bond donors (Lipinski definition) is 1. The van der Waals surface area contributed by atoms with Crippen molar-refractivity contribution in [2.75, 3.05) is 5.32 Å². The third kappa shape index (κ3) is 2.66. The number of thiophene rings is 1. The highest BCUT2D eigenvalue weighted by Crippen LogP contribution is 2.25. The molecule has 0 radical (unpaired) electrons. The molecule has 0 spiro atoms. The van der Waals surface area contributed by atoms with E-state index < -0.39 is 0 Å². The van der Waals surface area contributed by atoms with Crippen molar-refractivity contribution in [2.45, 2.75) is 19.9 Å². The van der Waals surface area contributed by atoms with Crippen LogP contribution in [0, 0.1) is 6.92 Å². The molecule has 1 aromatic carbocycles. The Morgan fingerprint density at radius 2 is 2.12 bits per heavy atom. The molecule has 0 bridgehead atoms. The Labute approximate surface area is 109 Å². The highest BCUT2D eigenvalue weighted by molar-refractivity contribution is 9.10. The summed E-state index contributed by atoms with van der Waals surface area (Å²) in [6.45, 7) is 4.27. The summed E-state index contributed by atoms with van der Waals surface area (Å²) in [6.07, 6.45) is 0. The topological polar surface area (TPSA) is 12.0 Å². The van der Waals surface area contributed by atoms with E-state index in [4.69, 9.17) is 0 Å². The first-order valence-corrected chi connectivity index (χ1v) is 6.95. The highest BCUT2D eigenvalue weighted by Gasteiger charge is 2.05. The van der Waals surface area contributed by atoms with Crippen LogP contribution in [0.25, 0.3) is 0 Å². The minimum absolute atomic E-state index is 0.348. The molecule has 0 saturated heterocycles. The van der Waals surface area contributed by atoms with Gasteiger partial charge in [-0.25, -0.2) is 0 Å². The maximum Gasteiger partial charge on any atom is 0.0493 e. The van der Waals surface area contributed by atoms with Crippen LogP contribution in [-0.4, -0.2) is 0 Å². The SMILES string of the molecule is Cc1ccc(NC(C)c2ccsc2)cc1Br. The normalized spacial score (nSPS) is 12.4. The Morgan fingerprint density at radius 1 is 1.31 bits per heavy atom. The van der Waals surface area contributed by atoms with Gasteiger partial charge in [0.2, 0.25) is 0 Å². The lowest BCUT2D eigenvalue weighted by atomic mass is 10.1. The Hall–Kier alpha value is -0.800. The van der Waals surface area contributed by atoms with Crippen molar-refractivity contribution in [2.24, 2.45) is 0 Å². The van der Waals surface area contributed by atoms with Crippen LogP contribution < -0.4 is 5.32 Å². The lowest BCUT2D eigenvalue weighted by molar-refractivity contribution is 0.890. The van der Waals surface area contributed by atoms with Gasteiger partial charge in [-0.15, -0.1) is 0 Å². The maximum absolute atomic E-state index is 3.55. The van der Waals surface area contributed by atoms with Crippen molar-refractivity contribution in [3.63, 3.8) is 0 Å². The van der Waals surface area contributed by atoms with Crippen LogP contribution in [0.15, 0.2) is 39.5 Å². The Bertz CT molecular complexity index is 465. The van der Waals surface area contributed by atoms with Gasteiger partial charge in [0.05, 0.1) is 0 Å². The number of anilines is 1. The third-order valence-corrected chi connectivity index (χ3v) is 4.15. The molecule has 2 aromatic rings. The van der Waals surface area contributed by atoms with E-state index in [-0.39, 0.29) is 0 Å². The zero-order valence-corrected chi connectivity index (χ0v) is 11.7. The lowest BCUT2D eigenvalue weighted by Crippen LogP contribution is -2.05. The highest BCUT2D eigenvalue weighted by atomic mass is 79.9. The molecule has 3 heteroatoms. The van der Waals surface area contributed by atoms with Gasteiger partial charge >= 0.3 is 0 Å². The van der Waals surface area contributed by atoms with Crippen LogP contribution in [0.3, 0.4) is 0 Å². The van der Waals surface area contributed by atoms with E-state index in [1.165, 1.54) is 11.1 Å². The average Bonchev–Trinajstić information content (AvgIpc) is 2.77. The van der Waals surface area contributed by atoms with Crippen molar-refractivity contribution in [3.8, 4) is 0 Å². The first-order chi connectivity index (χ1) is 7.66. The molecule has 0 saturated carbocycles. The molecule has 2 rings (SSSR count). The zero-order chi connectivity index (χ0) is 11.5. The predicted octanol–water partition coefficient (Wildman–Crippen LogP) is 4.99. The molecule has 0 aliphatic carbocycles. The molecular weight excluding hydrogens is 282 g/mol. The van der Waals surface area contributed by atoms with Crippen LogP contribution >= 0.6 is 27.3 Å². The van der Waals surface area contributed by atoms with E-state index in [2.05, 4.69) is 70.1 Å². The molecule has 16 heavy (non-hydrogen) atoms. The van der Waals surface area contributed by atoms with Crippen molar-refractivity contribution >= 4 is 33.0 Å². The third-order valence-electron chi connectivity index (χ3n) is 2.60. The standard InChI is InChI=1S/C13H14BrNS/c1-9-3-4-12(7-13(9)14)15-10(2)11-5-6-16-8-11/h3-8,10,15H,1-2H3. The summed E-state index contributed by atoms with van der Waals surface area (Å²) in [7, 11) is 0. The summed E-state index contributed by atoms with van der Waals surface area (Å²) in [5.74, 6) is 0. The monoisotopic (exact) mass is 295 g/mol. The van der Waals surface area contributed by atoms with E-state index in [0.717, 1.165) is 10.2 Å². The van der Waals surface area contributed by atoms with Crippen LogP contribution in [0.4, 0.5) is 5.69 Å². The van der Waals surface area contributed by atoms with Gasteiger partial charge in [-0.3, -0.25) is 0 Å². The molecule has 0 aliphatic heterocycles. The summed E-state index contributed by atoms with van der Waals surface area (Å²) in [5.41, 5.74) is 3.74. The van der Waals surface area contributed by atoms with E-state index in [1.807, 2.05) is 0 Å². The van der Waals surface area contributed by atoms with Gasteiger partial charge in [0.15, 0.2) is 0 Å². The molecule has 84 valence electrons. The lowest BCUT2D eigenvalue weighted by Gasteiger charge is -2.14. The predicted molar refractivity (Wildman–Crippen MR) is 75.2 cm³/mol. The molecule has 1 atom stereocenters. The molecule has 1 nitrogen and oxygen atoms in total. The van der Waals surface area contributed by atoms with Gasteiger partial charge in [0.1, 0.15) is 0 Å². The zero-order valence-electron chi connectivity index (χ0n) is 9.33. The molecule has 1 heterocycles. The minimum atomic E-state index is 0.348. The van der Waals surface area contributed by atoms with Crippen LogP contribution in [0.1, 0.15) is 24.1 Å². The molecule has 1 aromatic heterocycles. The van der Waals surface area contributed by atoms with E-state index in [9.17, 15) is 0 Å². The smallest absolute Gasteiger partial charge is 0.0493 e. The summed E-state index contributed by atoms with van der Waals surface area (Å²) < 4.78 is 1.15. The fourth-order valence-corrected chi connectivity index (χ4v) is 2.67.